The first-order chi connectivity index (χ1) is 16.4. The molecule has 2 aliphatic rings. The summed E-state index contributed by atoms with van der Waals surface area (Å²) in [6.45, 7) is 0.0393. The van der Waals surface area contributed by atoms with Gasteiger partial charge >= 0.3 is 12.1 Å². The predicted molar refractivity (Wildman–Crippen MR) is 120 cm³/mol. The molecular weight excluding hydrogens is 438 g/mol. The molecule has 0 saturated heterocycles. The van der Waals surface area contributed by atoms with E-state index in [2.05, 4.69) is 22.4 Å². The highest BCUT2D eigenvalue weighted by molar-refractivity contribution is 5.98. The van der Waals surface area contributed by atoms with E-state index in [4.69, 9.17) is 9.15 Å². The second kappa shape index (κ2) is 8.33. The Hall–Kier alpha value is -4.14. The van der Waals surface area contributed by atoms with E-state index >= 15 is 0 Å². The van der Waals surface area contributed by atoms with Crippen molar-refractivity contribution < 1.29 is 28.6 Å². The Morgan fingerprint density at radius 2 is 1.74 bits per heavy atom. The molecule has 0 radical (unpaired) electrons. The van der Waals surface area contributed by atoms with Gasteiger partial charge in [0, 0.05) is 13.0 Å². The Kier molecular flexibility index (Phi) is 5.31. The van der Waals surface area contributed by atoms with Gasteiger partial charge in [-0.15, -0.1) is 0 Å². The minimum absolute atomic E-state index is 0.0334. The van der Waals surface area contributed by atoms with Crippen molar-refractivity contribution >= 4 is 18.0 Å². The van der Waals surface area contributed by atoms with Gasteiger partial charge in [-0.2, -0.15) is 0 Å². The highest BCUT2D eigenvalue weighted by atomic mass is 16.5. The number of nitrogens with one attached hydrogen (secondary N) is 1. The van der Waals surface area contributed by atoms with Gasteiger partial charge in [0.25, 0.3) is 5.91 Å². The van der Waals surface area contributed by atoms with Crippen LogP contribution in [0.4, 0.5) is 4.79 Å². The Labute approximate surface area is 195 Å². The van der Waals surface area contributed by atoms with E-state index < -0.39 is 23.5 Å². The summed E-state index contributed by atoms with van der Waals surface area (Å²) in [6, 6.07) is 16.1. The van der Waals surface area contributed by atoms with Crippen molar-refractivity contribution in [2.45, 2.75) is 30.8 Å². The van der Waals surface area contributed by atoms with Crippen LogP contribution in [0.1, 0.15) is 46.1 Å². The molecule has 34 heavy (non-hydrogen) atoms. The lowest BCUT2D eigenvalue weighted by molar-refractivity contribution is -0.143. The topological polar surface area (TPSA) is 122 Å². The normalized spacial score (nSPS) is 15.2. The molecule has 0 spiro atoms. The quantitative estimate of drug-likeness (QED) is 0.553. The zero-order valence-corrected chi connectivity index (χ0v) is 18.5. The standard InChI is InChI=1S/C25H23N3O6/c1-28(25(10-11-25)23(30)31)22(29)21-20(34-14-27-21)12-26-24(32)33-13-19-17-8-4-2-6-15(17)16-7-3-5-9-18(16)19/h2-9,14,19H,10-13H2,1H3,(H,26,32)(H,30,31). The predicted octanol–water partition coefficient (Wildman–Crippen LogP) is 3.40. The minimum atomic E-state index is -1.20. The molecule has 2 N–H and O–H groups in total. The minimum Gasteiger partial charge on any atom is -0.479 e. The monoisotopic (exact) mass is 461 g/mol. The third-order valence-corrected chi connectivity index (χ3v) is 6.65. The summed E-state index contributed by atoms with van der Waals surface area (Å²) in [6.07, 6.45) is 1.20. The summed E-state index contributed by atoms with van der Waals surface area (Å²) in [4.78, 5) is 41.8. The zero-order valence-electron chi connectivity index (χ0n) is 18.5. The second-order valence-electron chi connectivity index (χ2n) is 8.50. The number of rotatable bonds is 7. The van der Waals surface area contributed by atoms with Gasteiger partial charge in [0.15, 0.2) is 17.8 Å². The molecular formula is C25H23N3O6. The molecule has 1 aromatic heterocycles. The van der Waals surface area contributed by atoms with Crippen molar-refractivity contribution in [1.82, 2.24) is 15.2 Å². The number of ether oxygens (including phenoxy) is 1. The van der Waals surface area contributed by atoms with Crippen LogP contribution in [0.2, 0.25) is 0 Å². The van der Waals surface area contributed by atoms with Gasteiger partial charge in [-0.1, -0.05) is 48.5 Å². The Balaban J connectivity index is 1.21. The van der Waals surface area contributed by atoms with E-state index in [9.17, 15) is 19.5 Å². The number of oxazole rings is 1. The summed E-state index contributed by atoms with van der Waals surface area (Å²) in [5, 5.41) is 12.0. The number of aromatic nitrogens is 1. The maximum Gasteiger partial charge on any atom is 0.407 e. The number of fused-ring (bicyclic) bond motifs is 3. The molecule has 9 nitrogen and oxygen atoms in total. The van der Waals surface area contributed by atoms with Crippen LogP contribution < -0.4 is 5.32 Å². The van der Waals surface area contributed by atoms with Gasteiger partial charge in [-0.05, 0) is 35.1 Å². The number of hydrogen-bond acceptors (Lipinski definition) is 6. The SMILES string of the molecule is CN(C(=O)c1ncoc1CNC(=O)OCC1c2ccccc2-c2ccccc21)C1(C(=O)O)CC1. The number of nitrogens with zero attached hydrogens (tertiary/aromatic N) is 2. The van der Waals surface area contributed by atoms with E-state index in [-0.39, 0.29) is 30.5 Å². The fourth-order valence-electron chi connectivity index (χ4n) is 4.54. The zero-order chi connectivity index (χ0) is 23.9. The van der Waals surface area contributed by atoms with E-state index in [0.29, 0.717) is 12.8 Å². The number of aliphatic carboxylic acids is 1. The van der Waals surface area contributed by atoms with Crippen LogP contribution in [-0.4, -0.2) is 52.2 Å². The molecule has 9 heteroatoms. The van der Waals surface area contributed by atoms with Crippen molar-refractivity contribution in [1.29, 1.82) is 0 Å². The number of amides is 2. The van der Waals surface area contributed by atoms with Gasteiger partial charge in [-0.3, -0.25) is 4.79 Å². The molecule has 1 heterocycles. The second-order valence-corrected chi connectivity index (χ2v) is 8.50. The maximum atomic E-state index is 12.8. The van der Waals surface area contributed by atoms with Crippen molar-refractivity contribution in [3.8, 4) is 11.1 Å². The van der Waals surface area contributed by atoms with Crippen LogP contribution in [0.15, 0.2) is 59.3 Å². The fourth-order valence-corrected chi connectivity index (χ4v) is 4.54. The molecule has 3 aromatic rings. The van der Waals surface area contributed by atoms with E-state index in [1.807, 2.05) is 36.4 Å². The number of carboxylic acids is 1. The van der Waals surface area contributed by atoms with Crippen LogP contribution in [0.25, 0.3) is 11.1 Å². The smallest absolute Gasteiger partial charge is 0.407 e. The van der Waals surface area contributed by atoms with Crippen LogP contribution in [0.5, 0.6) is 0 Å². The van der Waals surface area contributed by atoms with Gasteiger partial charge < -0.3 is 24.5 Å². The number of alkyl carbamates (subject to hydrolysis) is 1. The molecule has 2 aliphatic carbocycles. The summed E-state index contributed by atoms with van der Waals surface area (Å²) in [5.41, 5.74) is 3.25. The summed E-state index contributed by atoms with van der Waals surface area (Å²) < 4.78 is 10.8. The molecule has 1 saturated carbocycles. The van der Waals surface area contributed by atoms with Gasteiger partial charge in [-0.25, -0.2) is 14.6 Å². The van der Waals surface area contributed by atoms with Crippen LogP contribution in [0, 0.1) is 0 Å². The highest BCUT2D eigenvalue weighted by Crippen LogP contribution is 2.44. The average Bonchev–Trinajstić information content (AvgIpc) is 3.43. The highest BCUT2D eigenvalue weighted by Gasteiger charge is 2.56. The molecule has 5 rings (SSSR count). The van der Waals surface area contributed by atoms with Crippen molar-refractivity contribution in [2.24, 2.45) is 0 Å². The third kappa shape index (κ3) is 3.59. The number of hydrogen-bond donors (Lipinski definition) is 2. The van der Waals surface area contributed by atoms with Crippen molar-refractivity contribution in [3.05, 3.63) is 77.5 Å². The fraction of sp³-hybridized carbons (Fsp3) is 0.280. The molecule has 2 amide bonds. The molecule has 0 atom stereocenters. The lowest BCUT2D eigenvalue weighted by Gasteiger charge is -2.23. The number of likely N-dealkylation sites (N-methyl/N-ethyl adjacent to an activating group) is 1. The van der Waals surface area contributed by atoms with E-state index in [0.717, 1.165) is 28.6 Å². The van der Waals surface area contributed by atoms with E-state index in [1.54, 1.807) is 0 Å². The average molecular weight is 461 g/mol. The van der Waals surface area contributed by atoms with Crippen LogP contribution in [-0.2, 0) is 16.1 Å². The third-order valence-electron chi connectivity index (χ3n) is 6.65. The molecule has 0 bridgehead atoms. The summed E-state index contributed by atoms with van der Waals surface area (Å²) in [5.74, 6) is -1.56. The molecule has 1 fully saturated rings. The molecule has 174 valence electrons. The first-order valence-corrected chi connectivity index (χ1v) is 10.9. The number of carbonyl (C=O) groups excluding carboxylic acids is 2. The summed E-state index contributed by atoms with van der Waals surface area (Å²) >= 11 is 0. The number of carbonyl (C=O) groups is 3. The first kappa shape index (κ1) is 21.7. The van der Waals surface area contributed by atoms with Crippen molar-refractivity contribution in [3.63, 3.8) is 0 Å². The van der Waals surface area contributed by atoms with Gasteiger partial charge in [0.2, 0.25) is 0 Å². The number of benzene rings is 2. The summed E-state index contributed by atoms with van der Waals surface area (Å²) in [7, 11) is 1.43. The van der Waals surface area contributed by atoms with Gasteiger partial charge in [0.1, 0.15) is 12.1 Å². The van der Waals surface area contributed by atoms with Crippen molar-refractivity contribution in [2.75, 3.05) is 13.7 Å². The Morgan fingerprint density at radius 1 is 1.12 bits per heavy atom. The lowest BCUT2D eigenvalue weighted by atomic mass is 9.98. The molecule has 0 aliphatic heterocycles. The van der Waals surface area contributed by atoms with E-state index in [1.165, 1.54) is 11.9 Å². The number of carboxylic acid groups (broad SMARTS) is 1. The molecule has 0 unspecified atom stereocenters. The maximum absolute atomic E-state index is 12.8. The van der Waals surface area contributed by atoms with Gasteiger partial charge in [0.05, 0.1) is 6.54 Å². The Bertz CT molecular complexity index is 1230. The Morgan fingerprint density at radius 3 is 2.32 bits per heavy atom. The van der Waals surface area contributed by atoms with Crippen LogP contribution in [0.3, 0.4) is 0 Å². The molecule has 2 aromatic carbocycles. The lowest BCUT2D eigenvalue weighted by Crippen LogP contribution is -2.45. The van der Waals surface area contributed by atoms with Crippen LogP contribution >= 0.6 is 0 Å². The first-order valence-electron chi connectivity index (χ1n) is 10.9. The largest absolute Gasteiger partial charge is 0.479 e.